The predicted octanol–water partition coefficient (Wildman–Crippen LogP) is 3.43. The molecule has 0 aliphatic carbocycles. The van der Waals surface area contributed by atoms with Crippen LogP contribution in [0, 0.1) is 0 Å². The molecule has 11 heteroatoms. The number of carbonyl (C=O) groups is 2. The van der Waals surface area contributed by atoms with Crippen LogP contribution in [0.4, 0.5) is 5.82 Å². The number of amides is 2. The second kappa shape index (κ2) is 11.5. The number of nitrogens with zero attached hydrogens (tertiary/aromatic N) is 6. The van der Waals surface area contributed by atoms with E-state index >= 15 is 0 Å². The molecule has 39 heavy (non-hydrogen) atoms. The number of likely N-dealkylation sites (N-methyl/N-ethyl adjacent to an activating group) is 1. The molecule has 0 bridgehead atoms. The number of hydrogen-bond acceptors (Lipinski definition) is 8. The largest absolute Gasteiger partial charge is 0.368 e. The first kappa shape index (κ1) is 26.8. The maximum Gasteiger partial charge on any atom is 0.251 e. The summed E-state index contributed by atoms with van der Waals surface area (Å²) in [6, 6.07) is 9.20. The monoisotopic (exact) mass is 546 g/mol. The number of hydrogen-bond donors (Lipinski definition) is 2. The number of pyridine rings is 1. The van der Waals surface area contributed by atoms with Crippen molar-refractivity contribution in [3.05, 3.63) is 53.7 Å². The van der Waals surface area contributed by atoms with Crippen LogP contribution in [0.5, 0.6) is 0 Å². The van der Waals surface area contributed by atoms with Gasteiger partial charge in [0.15, 0.2) is 5.65 Å². The van der Waals surface area contributed by atoms with Crippen LogP contribution in [0.2, 0.25) is 0 Å². The zero-order chi connectivity index (χ0) is 27.5. The number of nitrogens with two attached hydrogens (primary N) is 1. The topological polar surface area (TPSA) is 122 Å². The van der Waals surface area contributed by atoms with Gasteiger partial charge in [-0.15, -0.1) is 11.3 Å². The maximum absolute atomic E-state index is 13.4. The summed E-state index contributed by atoms with van der Waals surface area (Å²) in [5, 5.41) is 9.58. The molecule has 1 fully saturated rings. The third-order valence-electron chi connectivity index (χ3n) is 7.36. The lowest BCUT2D eigenvalue weighted by Crippen LogP contribution is -2.42. The van der Waals surface area contributed by atoms with Crippen molar-refractivity contribution in [2.45, 2.75) is 45.7 Å². The SMILES string of the molecule is CCN(CC)C(C)CNC(=O)c1cc(-c2cnn3ccc(-c4cccs4)nc23)nc(N2CCC[C@@H]2C(N)=O)c1. The first-order chi connectivity index (χ1) is 18.9. The van der Waals surface area contributed by atoms with E-state index in [1.807, 2.05) is 34.7 Å². The van der Waals surface area contributed by atoms with E-state index in [9.17, 15) is 9.59 Å². The second-order valence-electron chi connectivity index (χ2n) is 9.75. The summed E-state index contributed by atoms with van der Waals surface area (Å²) in [4.78, 5) is 40.6. The van der Waals surface area contributed by atoms with Crippen molar-refractivity contribution in [3.8, 4) is 21.8 Å². The van der Waals surface area contributed by atoms with Crippen molar-refractivity contribution in [1.82, 2.24) is 29.8 Å². The fourth-order valence-electron chi connectivity index (χ4n) is 5.20. The van der Waals surface area contributed by atoms with Gasteiger partial charge in [0.2, 0.25) is 5.91 Å². The van der Waals surface area contributed by atoms with Crippen LogP contribution in [0.15, 0.2) is 48.1 Å². The summed E-state index contributed by atoms with van der Waals surface area (Å²) in [6.45, 7) is 9.31. The van der Waals surface area contributed by atoms with Gasteiger partial charge in [-0.2, -0.15) is 5.10 Å². The zero-order valence-corrected chi connectivity index (χ0v) is 23.3. The standard InChI is InChI=1S/C28H34N8O2S/c1-4-34(5-2)18(3)16-30-28(38)19-14-22(32-25(15-19)35-11-6-8-23(35)26(29)37)20-17-31-36-12-10-21(33-27(20)36)24-9-7-13-39-24/h7,9-10,12-15,17-18,23H,4-6,8,11,16H2,1-3H3,(H2,29,37)(H,30,38)/t18?,23-/m1/s1. The molecule has 0 spiro atoms. The molecule has 1 aliphatic heterocycles. The van der Waals surface area contributed by atoms with Crippen molar-refractivity contribution >= 4 is 34.6 Å². The van der Waals surface area contributed by atoms with Crippen LogP contribution in [-0.4, -0.2) is 74.6 Å². The predicted molar refractivity (Wildman–Crippen MR) is 154 cm³/mol. The molecule has 1 unspecified atom stereocenters. The van der Waals surface area contributed by atoms with Gasteiger partial charge < -0.3 is 16.0 Å². The molecular formula is C28H34N8O2S. The minimum atomic E-state index is -0.459. The van der Waals surface area contributed by atoms with Crippen LogP contribution < -0.4 is 16.0 Å². The molecule has 1 aliphatic rings. The molecule has 0 saturated carbocycles. The Morgan fingerprint density at radius 3 is 2.74 bits per heavy atom. The van der Waals surface area contributed by atoms with Crippen LogP contribution in [0.3, 0.4) is 0 Å². The first-order valence-corrected chi connectivity index (χ1v) is 14.3. The minimum absolute atomic E-state index is 0.196. The third kappa shape index (κ3) is 5.50. The van der Waals surface area contributed by atoms with Crippen molar-refractivity contribution in [2.75, 3.05) is 31.1 Å². The van der Waals surface area contributed by atoms with Crippen molar-refractivity contribution in [3.63, 3.8) is 0 Å². The average molecular weight is 547 g/mol. The van der Waals surface area contributed by atoms with Gasteiger partial charge in [0.1, 0.15) is 11.9 Å². The number of fused-ring (bicyclic) bond motifs is 1. The molecule has 5 heterocycles. The molecule has 5 rings (SSSR count). The lowest BCUT2D eigenvalue weighted by molar-refractivity contribution is -0.119. The molecule has 1 saturated heterocycles. The molecule has 2 amide bonds. The quantitative estimate of drug-likeness (QED) is 0.313. The Hall–Kier alpha value is -3.83. The smallest absolute Gasteiger partial charge is 0.251 e. The maximum atomic E-state index is 13.4. The Morgan fingerprint density at radius 2 is 2.03 bits per heavy atom. The van der Waals surface area contributed by atoms with Gasteiger partial charge in [0.05, 0.1) is 28.0 Å². The van der Waals surface area contributed by atoms with E-state index in [1.54, 1.807) is 34.2 Å². The number of nitrogens with one attached hydrogen (secondary N) is 1. The second-order valence-corrected chi connectivity index (χ2v) is 10.7. The van der Waals surface area contributed by atoms with Crippen molar-refractivity contribution in [2.24, 2.45) is 5.73 Å². The summed E-state index contributed by atoms with van der Waals surface area (Å²) in [5.41, 5.74) is 8.93. The molecule has 4 aromatic rings. The number of thiophene rings is 1. The first-order valence-electron chi connectivity index (χ1n) is 13.4. The van der Waals surface area contributed by atoms with Gasteiger partial charge in [0.25, 0.3) is 5.91 Å². The summed E-state index contributed by atoms with van der Waals surface area (Å²) >= 11 is 1.62. The highest BCUT2D eigenvalue weighted by molar-refractivity contribution is 7.13. The van der Waals surface area contributed by atoms with Gasteiger partial charge in [-0.05, 0) is 62.5 Å². The van der Waals surface area contributed by atoms with E-state index < -0.39 is 11.9 Å². The molecule has 204 valence electrons. The van der Waals surface area contributed by atoms with Crippen LogP contribution in [0.1, 0.15) is 44.0 Å². The number of carbonyl (C=O) groups excluding carboxylic acids is 2. The van der Waals surface area contributed by atoms with E-state index in [1.165, 1.54) is 0 Å². The summed E-state index contributed by atoms with van der Waals surface area (Å²) in [5.74, 6) is -0.0427. The van der Waals surface area contributed by atoms with Crippen LogP contribution >= 0.6 is 11.3 Å². The van der Waals surface area contributed by atoms with Crippen LogP contribution in [0.25, 0.3) is 27.5 Å². The Morgan fingerprint density at radius 1 is 1.21 bits per heavy atom. The molecule has 0 aromatic carbocycles. The highest BCUT2D eigenvalue weighted by Crippen LogP contribution is 2.31. The number of anilines is 1. The van der Waals surface area contributed by atoms with E-state index in [4.69, 9.17) is 15.7 Å². The number of primary amides is 1. The van der Waals surface area contributed by atoms with E-state index in [-0.39, 0.29) is 11.9 Å². The van der Waals surface area contributed by atoms with Gasteiger partial charge in [-0.25, -0.2) is 14.5 Å². The fraction of sp³-hybridized carbons (Fsp3) is 0.393. The van der Waals surface area contributed by atoms with E-state index in [0.717, 1.165) is 30.1 Å². The normalized spacial score (nSPS) is 16.2. The molecule has 10 nitrogen and oxygen atoms in total. The fourth-order valence-corrected chi connectivity index (χ4v) is 5.89. The molecule has 3 N–H and O–H groups in total. The molecule has 2 atom stereocenters. The Bertz CT molecular complexity index is 1460. The summed E-state index contributed by atoms with van der Waals surface area (Å²) in [7, 11) is 0. The number of aromatic nitrogens is 4. The Balaban J connectivity index is 1.54. The zero-order valence-electron chi connectivity index (χ0n) is 22.5. The third-order valence-corrected chi connectivity index (χ3v) is 8.25. The van der Waals surface area contributed by atoms with Gasteiger partial charge in [-0.1, -0.05) is 19.9 Å². The van der Waals surface area contributed by atoms with Gasteiger partial charge >= 0.3 is 0 Å². The Labute approximate surface area is 231 Å². The highest BCUT2D eigenvalue weighted by Gasteiger charge is 2.31. The highest BCUT2D eigenvalue weighted by atomic mass is 32.1. The van der Waals surface area contributed by atoms with Crippen molar-refractivity contribution < 1.29 is 9.59 Å². The Kier molecular flexibility index (Phi) is 7.89. The lowest BCUT2D eigenvalue weighted by atomic mass is 10.1. The summed E-state index contributed by atoms with van der Waals surface area (Å²) in [6.07, 6.45) is 5.07. The lowest BCUT2D eigenvalue weighted by Gasteiger charge is -2.27. The number of rotatable bonds is 10. The van der Waals surface area contributed by atoms with E-state index in [2.05, 4.69) is 36.1 Å². The van der Waals surface area contributed by atoms with Gasteiger partial charge in [-0.3, -0.25) is 14.5 Å². The molecular weight excluding hydrogens is 512 g/mol. The molecule has 0 radical (unpaired) electrons. The summed E-state index contributed by atoms with van der Waals surface area (Å²) < 4.78 is 1.70. The van der Waals surface area contributed by atoms with Gasteiger partial charge in [0, 0.05) is 30.9 Å². The molecule has 4 aromatic heterocycles. The minimum Gasteiger partial charge on any atom is -0.368 e. The van der Waals surface area contributed by atoms with Crippen molar-refractivity contribution in [1.29, 1.82) is 0 Å². The van der Waals surface area contributed by atoms with E-state index in [0.29, 0.717) is 47.8 Å². The van der Waals surface area contributed by atoms with Crippen LogP contribution in [-0.2, 0) is 4.79 Å². The average Bonchev–Trinajstić information content (AvgIpc) is 3.72.